The summed E-state index contributed by atoms with van der Waals surface area (Å²) in [6.45, 7) is 2.06. The molecule has 130 valence electrons. The molecule has 0 atom stereocenters. The van der Waals surface area contributed by atoms with Crippen LogP contribution in [0.4, 0.5) is 0 Å². The maximum atomic E-state index is 11.8. The minimum absolute atomic E-state index is 0. The van der Waals surface area contributed by atoms with Crippen molar-refractivity contribution in [2.75, 3.05) is 38.7 Å². The standard InChI is InChI=1S/C15H25N5OS.HI/c1-16-15(19-8-3-4-11-22-2)20-10-9-18-14(21)13-6-5-7-17-12-13;/h5-7,12H,3-4,8-11H2,1-2H3,(H,18,21)(H2,16,19,20);1H. The van der Waals surface area contributed by atoms with Gasteiger partial charge in [0.25, 0.3) is 5.91 Å². The second-order valence-electron chi connectivity index (χ2n) is 4.62. The Balaban J connectivity index is 0.00000484. The lowest BCUT2D eigenvalue weighted by molar-refractivity contribution is 0.0954. The van der Waals surface area contributed by atoms with E-state index in [4.69, 9.17) is 0 Å². The molecule has 0 saturated heterocycles. The van der Waals surface area contributed by atoms with E-state index >= 15 is 0 Å². The zero-order valence-corrected chi connectivity index (χ0v) is 16.8. The van der Waals surface area contributed by atoms with E-state index in [2.05, 4.69) is 32.2 Å². The number of unbranched alkanes of at least 4 members (excludes halogenated alkanes) is 1. The third-order valence-corrected chi connectivity index (χ3v) is 3.61. The molecule has 8 heteroatoms. The molecule has 6 nitrogen and oxygen atoms in total. The van der Waals surface area contributed by atoms with Crippen molar-refractivity contribution in [1.29, 1.82) is 0 Å². The van der Waals surface area contributed by atoms with E-state index < -0.39 is 0 Å². The average Bonchev–Trinajstić information content (AvgIpc) is 2.57. The van der Waals surface area contributed by atoms with Crippen molar-refractivity contribution < 1.29 is 4.79 Å². The van der Waals surface area contributed by atoms with Crippen LogP contribution >= 0.6 is 35.7 Å². The smallest absolute Gasteiger partial charge is 0.252 e. The Morgan fingerprint density at radius 3 is 2.61 bits per heavy atom. The summed E-state index contributed by atoms with van der Waals surface area (Å²) in [5.41, 5.74) is 0.568. The van der Waals surface area contributed by atoms with Gasteiger partial charge in [0.1, 0.15) is 0 Å². The van der Waals surface area contributed by atoms with Crippen molar-refractivity contribution in [2.45, 2.75) is 12.8 Å². The van der Waals surface area contributed by atoms with Crippen LogP contribution in [-0.2, 0) is 0 Å². The van der Waals surface area contributed by atoms with Crippen molar-refractivity contribution in [1.82, 2.24) is 20.9 Å². The van der Waals surface area contributed by atoms with Crippen molar-refractivity contribution in [2.24, 2.45) is 4.99 Å². The number of nitrogens with one attached hydrogen (secondary N) is 3. The van der Waals surface area contributed by atoms with E-state index in [1.807, 2.05) is 11.8 Å². The molecule has 0 radical (unpaired) electrons. The lowest BCUT2D eigenvalue weighted by Crippen LogP contribution is -2.41. The largest absolute Gasteiger partial charge is 0.356 e. The zero-order valence-electron chi connectivity index (χ0n) is 13.7. The fourth-order valence-corrected chi connectivity index (χ4v) is 2.25. The van der Waals surface area contributed by atoms with Crippen LogP contribution in [0.1, 0.15) is 23.2 Å². The Bertz CT molecular complexity index is 458. The first-order valence-electron chi connectivity index (χ1n) is 7.39. The predicted molar refractivity (Wildman–Crippen MR) is 109 cm³/mol. The minimum atomic E-state index is -0.116. The summed E-state index contributed by atoms with van der Waals surface area (Å²) in [5.74, 6) is 1.84. The van der Waals surface area contributed by atoms with Gasteiger partial charge in [-0.25, -0.2) is 0 Å². The van der Waals surface area contributed by atoms with Gasteiger partial charge in [0, 0.05) is 39.1 Å². The molecule has 0 aliphatic rings. The van der Waals surface area contributed by atoms with Crippen LogP contribution in [0.15, 0.2) is 29.5 Å². The molecule has 23 heavy (non-hydrogen) atoms. The molecule has 0 bridgehead atoms. The highest BCUT2D eigenvalue weighted by Crippen LogP contribution is 1.97. The summed E-state index contributed by atoms with van der Waals surface area (Å²) in [7, 11) is 1.74. The predicted octanol–water partition coefficient (Wildman–Crippen LogP) is 1.74. The van der Waals surface area contributed by atoms with Crippen molar-refractivity contribution in [3.63, 3.8) is 0 Å². The number of thioether (sulfide) groups is 1. The summed E-state index contributed by atoms with van der Waals surface area (Å²) in [4.78, 5) is 19.9. The first-order valence-corrected chi connectivity index (χ1v) is 8.79. The molecule has 1 aromatic heterocycles. The number of aromatic nitrogens is 1. The summed E-state index contributed by atoms with van der Waals surface area (Å²) < 4.78 is 0. The number of rotatable bonds is 9. The van der Waals surface area contributed by atoms with Gasteiger partial charge >= 0.3 is 0 Å². The second-order valence-corrected chi connectivity index (χ2v) is 5.61. The fraction of sp³-hybridized carbons (Fsp3) is 0.533. The van der Waals surface area contributed by atoms with Gasteiger partial charge in [-0.3, -0.25) is 14.8 Å². The lowest BCUT2D eigenvalue weighted by atomic mass is 10.3. The number of hydrogen-bond acceptors (Lipinski definition) is 4. The van der Waals surface area contributed by atoms with Crippen molar-refractivity contribution >= 4 is 47.6 Å². The highest BCUT2D eigenvalue weighted by Gasteiger charge is 2.03. The van der Waals surface area contributed by atoms with Gasteiger partial charge < -0.3 is 16.0 Å². The third kappa shape index (κ3) is 10.4. The van der Waals surface area contributed by atoms with Crippen LogP contribution in [0.5, 0.6) is 0 Å². The fourth-order valence-electron chi connectivity index (χ4n) is 1.75. The lowest BCUT2D eigenvalue weighted by Gasteiger charge is -2.12. The van der Waals surface area contributed by atoms with E-state index in [0.717, 1.165) is 18.9 Å². The maximum absolute atomic E-state index is 11.8. The molecule has 0 saturated carbocycles. The summed E-state index contributed by atoms with van der Waals surface area (Å²) in [5, 5.41) is 9.26. The Morgan fingerprint density at radius 2 is 1.96 bits per heavy atom. The second kappa shape index (κ2) is 14.6. The molecular weight excluding hydrogens is 425 g/mol. The number of nitrogens with zero attached hydrogens (tertiary/aromatic N) is 2. The number of hydrogen-bond donors (Lipinski definition) is 3. The Morgan fingerprint density at radius 1 is 1.22 bits per heavy atom. The molecule has 1 aromatic rings. The average molecular weight is 451 g/mol. The van der Waals surface area contributed by atoms with Gasteiger partial charge in [0.05, 0.1) is 5.56 Å². The first-order chi connectivity index (χ1) is 10.8. The number of pyridine rings is 1. The van der Waals surface area contributed by atoms with Gasteiger partial charge in [-0.15, -0.1) is 24.0 Å². The maximum Gasteiger partial charge on any atom is 0.252 e. The summed E-state index contributed by atoms with van der Waals surface area (Å²) >= 11 is 1.87. The Kier molecular flexibility index (Phi) is 13.9. The molecule has 0 unspecified atom stereocenters. The van der Waals surface area contributed by atoms with Gasteiger partial charge in [0.15, 0.2) is 5.96 Å². The molecule has 1 amide bonds. The van der Waals surface area contributed by atoms with Crippen LogP contribution in [-0.4, -0.2) is 55.5 Å². The molecule has 0 spiro atoms. The molecule has 0 aromatic carbocycles. The molecule has 3 N–H and O–H groups in total. The number of carbonyl (C=O) groups is 1. The van der Waals surface area contributed by atoms with Crippen LogP contribution in [0.2, 0.25) is 0 Å². The number of aliphatic imine (C=N–C) groups is 1. The number of halogens is 1. The van der Waals surface area contributed by atoms with Crippen molar-refractivity contribution in [3.8, 4) is 0 Å². The highest BCUT2D eigenvalue weighted by molar-refractivity contribution is 14.0. The van der Waals surface area contributed by atoms with Crippen LogP contribution in [0, 0.1) is 0 Å². The monoisotopic (exact) mass is 451 g/mol. The molecule has 0 aliphatic carbocycles. The summed E-state index contributed by atoms with van der Waals surface area (Å²) in [6, 6.07) is 3.49. The van der Waals surface area contributed by atoms with E-state index in [1.54, 1.807) is 31.6 Å². The Labute approximate surface area is 159 Å². The Hall–Kier alpha value is -1.03. The van der Waals surface area contributed by atoms with Crippen LogP contribution < -0.4 is 16.0 Å². The van der Waals surface area contributed by atoms with E-state index in [9.17, 15) is 4.79 Å². The molecule has 0 aliphatic heterocycles. The number of amides is 1. The molecule has 0 fully saturated rings. The van der Waals surface area contributed by atoms with Crippen LogP contribution in [0.3, 0.4) is 0 Å². The van der Waals surface area contributed by atoms with Crippen molar-refractivity contribution in [3.05, 3.63) is 30.1 Å². The minimum Gasteiger partial charge on any atom is -0.356 e. The quantitative estimate of drug-likeness (QED) is 0.231. The third-order valence-electron chi connectivity index (χ3n) is 2.92. The number of guanidine groups is 1. The van der Waals surface area contributed by atoms with Gasteiger partial charge in [-0.2, -0.15) is 11.8 Å². The van der Waals surface area contributed by atoms with Crippen LogP contribution in [0.25, 0.3) is 0 Å². The first kappa shape index (κ1) is 22.0. The highest BCUT2D eigenvalue weighted by atomic mass is 127. The SMILES string of the molecule is CN=C(NCCCCSC)NCCNC(=O)c1cccnc1.I. The van der Waals surface area contributed by atoms with E-state index in [1.165, 1.54) is 12.2 Å². The molecule has 1 rings (SSSR count). The summed E-state index contributed by atoms with van der Waals surface area (Å²) in [6.07, 6.45) is 7.64. The zero-order chi connectivity index (χ0) is 16.0. The normalized spacial score (nSPS) is 10.6. The molecule has 1 heterocycles. The van der Waals surface area contributed by atoms with Gasteiger partial charge in [0.2, 0.25) is 0 Å². The molecular formula is C15H26IN5OS. The topological polar surface area (TPSA) is 78.4 Å². The van der Waals surface area contributed by atoms with Gasteiger partial charge in [-0.05, 0) is 37.0 Å². The van der Waals surface area contributed by atoms with E-state index in [0.29, 0.717) is 18.7 Å². The van der Waals surface area contributed by atoms with E-state index in [-0.39, 0.29) is 29.9 Å². The van der Waals surface area contributed by atoms with Gasteiger partial charge in [-0.1, -0.05) is 0 Å². The number of carbonyl (C=O) groups excluding carboxylic acids is 1.